The monoisotopic (exact) mass is 509 g/mol. The molecule has 0 amide bonds. The lowest BCUT2D eigenvalue weighted by Gasteiger charge is -2.13. The number of hydrogen-bond acceptors (Lipinski definition) is 6. The highest BCUT2D eigenvalue weighted by atomic mass is 32.2. The summed E-state index contributed by atoms with van der Waals surface area (Å²) >= 11 is 0. The van der Waals surface area contributed by atoms with Crippen LogP contribution in [-0.2, 0) is 22.2 Å². The molecule has 4 aromatic rings. The lowest BCUT2D eigenvalue weighted by Crippen LogP contribution is -2.16. The van der Waals surface area contributed by atoms with Crippen LogP contribution in [0.1, 0.15) is 25.0 Å². The molecule has 36 heavy (non-hydrogen) atoms. The number of sulfone groups is 1. The van der Waals surface area contributed by atoms with Gasteiger partial charge in [0.15, 0.2) is 15.7 Å². The highest BCUT2D eigenvalue weighted by Crippen LogP contribution is 2.32. The van der Waals surface area contributed by atoms with Gasteiger partial charge >= 0.3 is 0 Å². The molecule has 0 bridgehead atoms. The van der Waals surface area contributed by atoms with Crippen LogP contribution in [0.15, 0.2) is 79.0 Å². The normalized spacial score (nSPS) is 11.5. The topological polar surface area (TPSA) is 81.2 Å². The van der Waals surface area contributed by atoms with Gasteiger partial charge in [-0.25, -0.2) is 27.2 Å². The summed E-state index contributed by atoms with van der Waals surface area (Å²) in [5, 5.41) is 2.49. The molecule has 0 aliphatic rings. The van der Waals surface area contributed by atoms with Crippen LogP contribution >= 0.6 is 0 Å². The fourth-order valence-electron chi connectivity index (χ4n) is 3.43. The van der Waals surface area contributed by atoms with Crippen molar-refractivity contribution >= 4 is 21.5 Å². The number of nitrogens with zero attached hydrogens (tertiary/aromatic N) is 2. The average molecular weight is 510 g/mol. The van der Waals surface area contributed by atoms with Crippen LogP contribution in [0.4, 0.5) is 20.4 Å². The minimum atomic E-state index is -3.28. The molecule has 0 saturated carbocycles. The molecule has 0 unspecified atom stereocenters. The van der Waals surface area contributed by atoms with Crippen molar-refractivity contribution in [3.8, 4) is 17.0 Å². The second-order valence-corrected chi connectivity index (χ2v) is 11.0. The van der Waals surface area contributed by atoms with E-state index in [2.05, 4.69) is 15.3 Å². The Labute approximate surface area is 208 Å². The molecule has 1 aromatic heterocycles. The van der Waals surface area contributed by atoms with Crippen LogP contribution in [0, 0.1) is 11.6 Å². The summed E-state index contributed by atoms with van der Waals surface area (Å²) in [6, 6.07) is 20.0. The van der Waals surface area contributed by atoms with E-state index in [4.69, 9.17) is 4.74 Å². The summed E-state index contributed by atoms with van der Waals surface area (Å²) < 4.78 is 59.2. The van der Waals surface area contributed by atoms with E-state index in [1.807, 2.05) is 30.3 Å². The smallest absolute Gasteiger partial charge is 0.227 e. The van der Waals surface area contributed by atoms with Crippen molar-refractivity contribution in [1.29, 1.82) is 0 Å². The third-order valence-corrected chi connectivity index (χ3v) is 7.62. The molecule has 0 fully saturated rings. The van der Waals surface area contributed by atoms with Gasteiger partial charge < -0.3 is 10.1 Å². The molecular weight excluding hydrogens is 484 g/mol. The fraction of sp³-hybridized carbons (Fsp3) is 0.185. The van der Waals surface area contributed by atoms with Crippen LogP contribution in [0.2, 0.25) is 0 Å². The first-order chi connectivity index (χ1) is 17.2. The van der Waals surface area contributed by atoms with E-state index in [0.717, 1.165) is 11.8 Å². The highest BCUT2D eigenvalue weighted by molar-refractivity contribution is 7.91. The standard InChI is InChI=1S/C27H25F2N3O3S/c1-18(2)36(33,34)17-20-9-6-10-22(13-20)31-27-30-15-24(29)26(32-27)23-12-11-21(28)14-25(23)35-16-19-7-4-3-5-8-19/h3-15,18H,16-17H2,1-2H3,(H,30,31,32). The largest absolute Gasteiger partial charge is 0.488 e. The molecule has 6 nitrogen and oxygen atoms in total. The molecular formula is C27H25F2N3O3S. The van der Waals surface area contributed by atoms with E-state index in [1.165, 1.54) is 18.2 Å². The van der Waals surface area contributed by atoms with Crippen molar-refractivity contribution in [1.82, 2.24) is 9.97 Å². The molecule has 0 radical (unpaired) electrons. The third kappa shape index (κ3) is 6.23. The van der Waals surface area contributed by atoms with E-state index in [0.29, 0.717) is 11.3 Å². The van der Waals surface area contributed by atoms with Gasteiger partial charge in [-0.1, -0.05) is 42.5 Å². The number of nitrogens with one attached hydrogen (secondary N) is 1. The maximum absolute atomic E-state index is 14.8. The number of hydrogen-bond donors (Lipinski definition) is 1. The summed E-state index contributed by atoms with van der Waals surface area (Å²) in [5.74, 6) is -1.10. The van der Waals surface area contributed by atoms with E-state index in [1.54, 1.807) is 38.1 Å². The van der Waals surface area contributed by atoms with Gasteiger partial charge in [0.05, 0.1) is 17.2 Å². The number of ether oxygens (including phenoxy) is 1. The molecule has 0 aliphatic carbocycles. The summed E-state index contributed by atoms with van der Waals surface area (Å²) in [7, 11) is -3.28. The Bertz CT molecular complexity index is 1460. The third-order valence-electron chi connectivity index (χ3n) is 5.45. The van der Waals surface area contributed by atoms with Crippen LogP contribution in [0.5, 0.6) is 5.75 Å². The second kappa shape index (κ2) is 10.8. The first-order valence-electron chi connectivity index (χ1n) is 11.3. The molecule has 9 heteroatoms. The SMILES string of the molecule is CC(C)S(=O)(=O)Cc1cccc(Nc2ncc(F)c(-c3ccc(F)cc3OCc3ccccc3)n2)c1. The van der Waals surface area contributed by atoms with Crippen LogP contribution < -0.4 is 10.1 Å². The lowest BCUT2D eigenvalue weighted by molar-refractivity contribution is 0.305. The Morgan fingerprint density at radius 2 is 1.69 bits per heavy atom. The predicted molar refractivity (Wildman–Crippen MR) is 136 cm³/mol. The van der Waals surface area contributed by atoms with Gasteiger partial charge in [0, 0.05) is 17.3 Å². The zero-order valence-corrected chi connectivity index (χ0v) is 20.6. The molecule has 1 heterocycles. The van der Waals surface area contributed by atoms with Gasteiger partial charge in [-0.05, 0) is 49.2 Å². The number of rotatable bonds is 9. The molecule has 0 atom stereocenters. The van der Waals surface area contributed by atoms with Crippen molar-refractivity contribution in [3.63, 3.8) is 0 Å². The van der Waals surface area contributed by atoms with E-state index < -0.39 is 26.7 Å². The average Bonchev–Trinajstić information content (AvgIpc) is 2.85. The Hall–Kier alpha value is -3.85. The minimum Gasteiger partial charge on any atom is -0.488 e. The molecule has 0 saturated heterocycles. The Kier molecular flexibility index (Phi) is 7.59. The second-order valence-electron chi connectivity index (χ2n) is 8.49. The van der Waals surface area contributed by atoms with Gasteiger partial charge in [0.25, 0.3) is 0 Å². The van der Waals surface area contributed by atoms with Gasteiger partial charge in [-0.2, -0.15) is 0 Å². The van der Waals surface area contributed by atoms with Gasteiger partial charge in [-0.15, -0.1) is 0 Å². The number of halogens is 2. The summed E-state index contributed by atoms with van der Waals surface area (Å²) in [6.07, 6.45) is 1.02. The Balaban J connectivity index is 1.60. The lowest BCUT2D eigenvalue weighted by atomic mass is 10.1. The van der Waals surface area contributed by atoms with Crippen LogP contribution in [0.25, 0.3) is 11.3 Å². The molecule has 4 rings (SSSR count). The van der Waals surface area contributed by atoms with Crippen molar-refractivity contribution in [2.75, 3.05) is 5.32 Å². The molecule has 0 aliphatic heterocycles. The number of anilines is 2. The zero-order chi connectivity index (χ0) is 25.7. The van der Waals surface area contributed by atoms with Crippen molar-refractivity contribution in [2.45, 2.75) is 31.5 Å². The summed E-state index contributed by atoms with van der Waals surface area (Å²) in [6.45, 7) is 3.44. The Morgan fingerprint density at radius 3 is 2.44 bits per heavy atom. The maximum atomic E-state index is 14.8. The van der Waals surface area contributed by atoms with Gasteiger partial charge in [-0.3, -0.25) is 0 Å². The Morgan fingerprint density at radius 1 is 0.944 bits per heavy atom. The highest BCUT2D eigenvalue weighted by Gasteiger charge is 2.18. The van der Waals surface area contributed by atoms with Crippen LogP contribution in [-0.4, -0.2) is 23.6 Å². The maximum Gasteiger partial charge on any atom is 0.227 e. The first kappa shape index (κ1) is 25.2. The minimum absolute atomic E-state index is 0.0610. The number of aromatic nitrogens is 2. The molecule has 0 spiro atoms. The van der Waals surface area contributed by atoms with Crippen molar-refractivity contribution in [2.24, 2.45) is 0 Å². The first-order valence-corrected chi connectivity index (χ1v) is 13.0. The quantitative estimate of drug-likeness (QED) is 0.295. The van der Waals surface area contributed by atoms with E-state index in [9.17, 15) is 17.2 Å². The summed E-state index contributed by atoms with van der Waals surface area (Å²) in [4.78, 5) is 8.30. The fourth-order valence-corrected chi connectivity index (χ4v) is 4.41. The van der Waals surface area contributed by atoms with E-state index >= 15 is 0 Å². The van der Waals surface area contributed by atoms with Gasteiger partial charge in [0.2, 0.25) is 5.95 Å². The van der Waals surface area contributed by atoms with Gasteiger partial charge in [0.1, 0.15) is 23.9 Å². The molecule has 186 valence electrons. The van der Waals surface area contributed by atoms with E-state index in [-0.39, 0.29) is 35.3 Å². The zero-order valence-electron chi connectivity index (χ0n) is 19.8. The van der Waals surface area contributed by atoms with Crippen molar-refractivity contribution < 1.29 is 21.9 Å². The predicted octanol–water partition coefficient (Wildman–Crippen LogP) is 6.07. The molecule has 3 aromatic carbocycles. The van der Waals surface area contributed by atoms with Crippen LogP contribution in [0.3, 0.4) is 0 Å². The summed E-state index contributed by atoms with van der Waals surface area (Å²) in [5.41, 5.74) is 2.23. The molecule has 1 N–H and O–H groups in total. The number of benzene rings is 3. The van der Waals surface area contributed by atoms with Crippen molar-refractivity contribution in [3.05, 3.63) is 102 Å².